The minimum absolute atomic E-state index is 0.0278. The molecule has 0 saturated carbocycles. The second-order valence-corrected chi connectivity index (χ2v) is 9.15. The molecule has 3 rings (SSSR count). The number of morpholine rings is 1. The summed E-state index contributed by atoms with van der Waals surface area (Å²) < 4.78 is 37.1. The van der Waals surface area contributed by atoms with Crippen molar-refractivity contribution in [1.29, 1.82) is 0 Å². The van der Waals surface area contributed by atoms with E-state index in [0.29, 0.717) is 32.2 Å². The van der Waals surface area contributed by atoms with Crippen LogP contribution in [0.1, 0.15) is 30.1 Å². The van der Waals surface area contributed by atoms with Gasteiger partial charge in [-0.05, 0) is 37.0 Å². The number of benzene rings is 1. The van der Waals surface area contributed by atoms with Crippen molar-refractivity contribution in [3.8, 4) is 0 Å². The maximum atomic E-state index is 12.7. The second-order valence-electron chi connectivity index (χ2n) is 7.21. The molecule has 0 aromatic heterocycles. The summed E-state index contributed by atoms with van der Waals surface area (Å²) in [6.07, 6.45) is 2.04. The topological polar surface area (TPSA) is 93.2 Å². The highest BCUT2D eigenvalue weighted by Gasteiger charge is 2.27. The summed E-state index contributed by atoms with van der Waals surface area (Å²) in [7, 11) is -3.70. The van der Waals surface area contributed by atoms with Gasteiger partial charge < -0.3 is 14.4 Å². The van der Waals surface area contributed by atoms with Crippen LogP contribution in [-0.4, -0.2) is 75.5 Å². The van der Waals surface area contributed by atoms with Gasteiger partial charge in [-0.1, -0.05) is 13.0 Å². The Balaban J connectivity index is 1.63. The van der Waals surface area contributed by atoms with Crippen molar-refractivity contribution < 1.29 is 27.5 Å². The predicted octanol–water partition coefficient (Wildman–Crippen LogP) is 1.12. The van der Waals surface area contributed by atoms with Gasteiger partial charge in [0, 0.05) is 26.2 Å². The van der Waals surface area contributed by atoms with Crippen molar-refractivity contribution in [2.75, 3.05) is 46.0 Å². The largest absolute Gasteiger partial charge is 0.452 e. The quantitative estimate of drug-likeness (QED) is 0.676. The molecule has 0 N–H and O–H groups in total. The Morgan fingerprint density at radius 2 is 1.96 bits per heavy atom. The summed E-state index contributed by atoms with van der Waals surface area (Å²) in [6.45, 7) is 4.34. The Hall–Kier alpha value is -1.97. The van der Waals surface area contributed by atoms with Crippen LogP contribution in [0.4, 0.5) is 0 Å². The van der Waals surface area contributed by atoms with E-state index in [1.807, 2.05) is 0 Å². The Kier molecular flexibility index (Phi) is 6.69. The van der Waals surface area contributed by atoms with Crippen molar-refractivity contribution in [2.45, 2.75) is 24.7 Å². The highest BCUT2D eigenvalue weighted by molar-refractivity contribution is 7.89. The first-order chi connectivity index (χ1) is 13.4. The molecule has 0 spiro atoms. The van der Waals surface area contributed by atoms with E-state index in [0.717, 1.165) is 12.8 Å². The number of hydrogen-bond donors (Lipinski definition) is 0. The van der Waals surface area contributed by atoms with Crippen LogP contribution in [0.15, 0.2) is 29.2 Å². The molecule has 0 unspecified atom stereocenters. The zero-order valence-corrected chi connectivity index (χ0v) is 16.8. The first-order valence-electron chi connectivity index (χ1n) is 9.51. The highest BCUT2D eigenvalue weighted by atomic mass is 32.2. The highest BCUT2D eigenvalue weighted by Crippen LogP contribution is 2.19. The Morgan fingerprint density at radius 3 is 2.68 bits per heavy atom. The van der Waals surface area contributed by atoms with Gasteiger partial charge in [-0.3, -0.25) is 4.79 Å². The normalized spacial score (nSPS) is 21.3. The Bertz CT molecular complexity index is 819. The summed E-state index contributed by atoms with van der Waals surface area (Å²) in [4.78, 5) is 26.3. The standard InChI is InChI=1S/C19H26N2O6S/c1-15-4-3-7-20(13-15)18(22)14-27-19(23)16-5-2-6-17(12-16)28(24,25)21-8-10-26-11-9-21/h2,5-6,12,15H,3-4,7-11,13-14H2,1H3/t15-/m1/s1. The lowest BCUT2D eigenvalue weighted by atomic mass is 10.0. The number of ether oxygens (including phenoxy) is 2. The van der Waals surface area contributed by atoms with Gasteiger partial charge in [0.05, 0.1) is 23.7 Å². The van der Waals surface area contributed by atoms with Crippen LogP contribution in [-0.2, 0) is 24.3 Å². The van der Waals surface area contributed by atoms with Gasteiger partial charge in [0.25, 0.3) is 5.91 Å². The van der Waals surface area contributed by atoms with E-state index in [9.17, 15) is 18.0 Å². The number of carbonyl (C=O) groups excluding carboxylic acids is 2. The molecule has 0 bridgehead atoms. The van der Waals surface area contributed by atoms with E-state index in [4.69, 9.17) is 9.47 Å². The molecule has 0 aliphatic carbocycles. The van der Waals surface area contributed by atoms with Gasteiger partial charge in [0.2, 0.25) is 10.0 Å². The summed E-state index contributed by atoms with van der Waals surface area (Å²) in [5.74, 6) is -0.495. The minimum atomic E-state index is -3.70. The molecule has 2 aliphatic heterocycles. The molecule has 9 heteroatoms. The van der Waals surface area contributed by atoms with Gasteiger partial charge in [-0.15, -0.1) is 0 Å². The molecule has 2 aliphatic rings. The third-order valence-corrected chi connectivity index (χ3v) is 6.91. The van der Waals surface area contributed by atoms with Crippen molar-refractivity contribution in [1.82, 2.24) is 9.21 Å². The molecule has 28 heavy (non-hydrogen) atoms. The molecule has 1 aromatic carbocycles. The monoisotopic (exact) mass is 410 g/mol. The molecule has 8 nitrogen and oxygen atoms in total. The molecular weight excluding hydrogens is 384 g/mol. The first kappa shape index (κ1) is 20.8. The average molecular weight is 410 g/mol. The van der Waals surface area contributed by atoms with Gasteiger partial charge >= 0.3 is 5.97 Å². The SMILES string of the molecule is C[C@@H]1CCCN(C(=O)COC(=O)c2cccc(S(=O)(=O)N3CCOCC3)c2)C1. The van der Waals surface area contributed by atoms with E-state index in [-0.39, 0.29) is 36.1 Å². The van der Waals surface area contributed by atoms with E-state index in [2.05, 4.69) is 6.92 Å². The first-order valence-corrected chi connectivity index (χ1v) is 10.9. The lowest BCUT2D eigenvalue weighted by molar-refractivity contribution is -0.136. The maximum Gasteiger partial charge on any atom is 0.338 e. The third-order valence-electron chi connectivity index (χ3n) is 5.01. The van der Waals surface area contributed by atoms with Crippen LogP contribution >= 0.6 is 0 Å². The van der Waals surface area contributed by atoms with E-state index < -0.39 is 16.0 Å². The molecule has 1 amide bonds. The van der Waals surface area contributed by atoms with Gasteiger partial charge in [0.15, 0.2) is 6.61 Å². The van der Waals surface area contributed by atoms with Crippen molar-refractivity contribution in [3.63, 3.8) is 0 Å². The van der Waals surface area contributed by atoms with Crippen molar-refractivity contribution in [2.24, 2.45) is 5.92 Å². The zero-order chi connectivity index (χ0) is 20.1. The number of rotatable bonds is 5. The summed E-state index contributed by atoms with van der Waals surface area (Å²) >= 11 is 0. The molecule has 1 aromatic rings. The Labute approximate surface area is 165 Å². The molecule has 2 heterocycles. The van der Waals surface area contributed by atoms with Gasteiger partial charge in [-0.2, -0.15) is 4.31 Å². The number of sulfonamides is 1. The number of likely N-dealkylation sites (tertiary alicyclic amines) is 1. The molecule has 2 saturated heterocycles. The summed E-state index contributed by atoms with van der Waals surface area (Å²) in [5, 5.41) is 0. The molecule has 2 fully saturated rings. The van der Waals surface area contributed by atoms with Crippen molar-refractivity contribution >= 4 is 21.9 Å². The number of nitrogens with zero attached hydrogens (tertiary/aromatic N) is 2. The fourth-order valence-electron chi connectivity index (χ4n) is 3.44. The Morgan fingerprint density at radius 1 is 1.21 bits per heavy atom. The maximum absolute atomic E-state index is 12.7. The van der Waals surface area contributed by atoms with Crippen LogP contribution in [0, 0.1) is 5.92 Å². The van der Waals surface area contributed by atoms with Crippen LogP contribution in [0.3, 0.4) is 0 Å². The molecule has 1 atom stereocenters. The summed E-state index contributed by atoms with van der Waals surface area (Å²) in [5.41, 5.74) is 0.106. The van der Waals surface area contributed by atoms with E-state index in [1.165, 1.54) is 28.6 Å². The van der Waals surface area contributed by atoms with Gasteiger partial charge in [-0.25, -0.2) is 13.2 Å². The lowest BCUT2D eigenvalue weighted by Gasteiger charge is -2.30. The van der Waals surface area contributed by atoms with Crippen LogP contribution in [0.5, 0.6) is 0 Å². The fourth-order valence-corrected chi connectivity index (χ4v) is 4.89. The minimum Gasteiger partial charge on any atom is -0.452 e. The van der Waals surface area contributed by atoms with Crippen molar-refractivity contribution in [3.05, 3.63) is 29.8 Å². The number of carbonyl (C=O) groups is 2. The van der Waals surface area contributed by atoms with E-state index >= 15 is 0 Å². The predicted molar refractivity (Wildman–Crippen MR) is 101 cm³/mol. The second kappa shape index (κ2) is 9.02. The average Bonchev–Trinajstić information content (AvgIpc) is 2.72. The molecule has 154 valence electrons. The van der Waals surface area contributed by atoms with Gasteiger partial charge in [0.1, 0.15) is 0 Å². The van der Waals surface area contributed by atoms with Crippen LogP contribution in [0.2, 0.25) is 0 Å². The van der Waals surface area contributed by atoms with Crippen LogP contribution in [0.25, 0.3) is 0 Å². The fraction of sp³-hybridized carbons (Fsp3) is 0.579. The third kappa shape index (κ3) is 4.89. The van der Waals surface area contributed by atoms with E-state index in [1.54, 1.807) is 4.90 Å². The number of hydrogen-bond acceptors (Lipinski definition) is 6. The number of piperidine rings is 1. The number of amides is 1. The lowest BCUT2D eigenvalue weighted by Crippen LogP contribution is -2.41. The van der Waals surface area contributed by atoms with Crippen LogP contribution < -0.4 is 0 Å². The molecular formula is C19H26N2O6S. The number of esters is 1. The zero-order valence-electron chi connectivity index (χ0n) is 16.0. The summed E-state index contributed by atoms with van der Waals surface area (Å²) in [6, 6.07) is 5.72. The smallest absolute Gasteiger partial charge is 0.338 e. The molecule has 0 radical (unpaired) electrons.